The molecule has 0 saturated heterocycles. The van der Waals surface area contributed by atoms with Gasteiger partial charge in [-0.15, -0.1) is 0 Å². The summed E-state index contributed by atoms with van der Waals surface area (Å²) in [5, 5.41) is 6.23. The summed E-state index contributed by atoms with van der Waals surface area (Å²) >= 11 is 3.35. The number of ether oxygens (including phenoxy) is 2. The average Bonchev–Trinajstić information content (AvgIpc) is 2.98. The van der Waals surface area contributed by atoms with Crippen LogP contribution < -0.4 is 14.8 Å². The van der Waals surface area contributed by atoms with Crippen LogP contribution in [0.25, 0.3) is 0 Å². The van der Waals surface area contributed by atoms with Gasteiger partial charge < -0.3 is 24.2 Å². The molecule has 134 valence electrons. The van der Waals surface area contributed by atoms with Gasteiger partial charge in [-0.2, -0.15) is 0 Å². The summed E-state index contributed by atoms with van der Waals surface area (Å²) in [7, 11) is 4.51. The summed E-state index contributed by atoms with van der Waals surface area (Å²) in [4.78, 5) is 25.9. The van der Waals surface area contributed by atoms with E-state index in [0.29, 0.717) is 33.1 Å². The zero-order valence-electron chi connectivity index (χ0n) is 14.3. The number of carbonyl (C=O) groups is 2. The van der Waals surface area contributed by atoms with E-state index in [1.54, 1.807) is 25.1 Å². The van der Waals surface area contributed by atoms with E-state index in [2.05, 4.69) is 26.4 Å². The van der Waals surface area contributed by atoms with Crippen LogP contribution >= 0.6 is 15.9 Å². The Hall–Kier alpha value is -2.55. The fraction of sp³-hybridized carbons (Fsp3) is 0.312. The highest BCUT2D eigenvalue weighted by Gasteiger charge is 2.19. The monoisotopic (exact) mass is 411 g/mol. The smallest absolute Gasteiger partial charge is 0.254 e. The van der Waals surface area contributed by atoms with E-state index in [1.165, 1.54) is 26.2 Å². The number of nitrogens with one attached hydrogen (secondary N) is 1. The van der Waals surface area contributed by atoms with Gasteiger partial charge in [-0.05, 0) is 35.0 Å². The number of carbonyl (C=O) groups excluding carboxylic acids is 2. The van der Waals surface area contributed by atoms with Gasteiger partial charge in [-0.3, -0.25) is 9.59 Å². The highest BCUT2D eigenvalue weighted by atomic mass is 79.9. The van der Waals surface area contributed by atoms with E-state index < -0.39 is 0 Å². The zero-order valence-corrected chi connectivity index (χ0v) is 15.8. The van der Waals surface area contributed by atoms with Crippen molar-refractivity contribution in [3.8, 4) is 11.5 Å². The standard InChI is InChI=1S/C16H18BrN3O5/c1-9-5-13(19-25-9)18-14(21)8-20(2)16(22)10-6-11(23-3)15(17)12(7-10)24-4/h5-7H,8H2,1-4H3,(H,18,19,21). The lowest BCUT2D eigenvalue weighted by molar-refractivity contribution is -0.116. The zero-order chi connectivity index (χ0) is 18.6. The number of aromatic nitrogens is 1. The van der Waals surface area contributed by atoms with Crippen molar-refractivity contribution in [2.45, 2.75) is 6.92 Å². The predicted octanol–water partition coefficient (Wildman–Crippen LogP) is 2.47. The maximum Gasteiger partial charge on any atom is 0.254 e. The third-order valence-electron chi connectivity index (χ3n) is 3.32. The topological polar surface area (TPSA) is 93.9 Å². The number of hydrogen-bond donors (Lipinski definition) is 1. The first-order valence-corrected chi connectivity index (χ1v) is 8.05. The van der Waals surface area contributed by atoms with Crippen molar-refractivity contribution in [2.24, 2.45) is 0 Å². The van der Waals surface area contributed by atoms with Crippen LogP contribution in [0.3, 0.4) is 0 Å². The Morgan fingerprint density at radius 2 is 1.84 bits per heavy atom. The molecule has 0 atom stereocenters. The molecule has 1 aromatic carbocycles. The lowest BCUT2D eigenvalue weighted by Gasteiger charge is -2.18. The highest BCUT2D eigenvalue weighted by molar-refractivity contribution is 9.10. The average molecular weight is 412 g/mol. The largest absolute Gasteiger partial charge is 0.495 e. The Morgan fingerprint density at radius 1 is 1.24 bits per heavy atom. The third-order valence-corrected chi connectivity index (χ3v) is 4.10. The second-order valence-corrected chi connectivity index (χ2v) is 6.02. The van der Waals surface area contributed by atoms with Crippen molar-refractivity contribution >= 4 is 33.6 Å². The molecular weight excluding hydrogens is 394 g/mol. The number of halogens is 1. The van der Waals surface area contributed by atoms with Crippen LogP contribution in [0.4, 0.5) is 5.82 Å². The minimum absolute atomic E-state index is 0.147. The molecule has 0 bridgehead atoms. The van der Waals surface area contributed by atoms with Crippen LogP contribution in [0.15, 0.2) is 27.2 Å². The lowest BCUT2D eigenvalue weighted by Crippen LogP contribution is -2.35. The molecule has 8 nitrogen and oxygen atoms in total. The van der Waals surface area contributed by atoms with Crippen LogP contribution in [-0.4, -0.2) is 49.7 Å². The van der Waals surface area contributed by atoms with Gasteiger partial charge in [-0.25, -0.2) is 0 Å². The first-order chi connectivity index (χ1) is 11.8. The number of hydrogen-bond acceptors (Lipinski definition) is 6. The first-order valence-electron chi connectivity index (χ1n) is 7.25. The van der Waals surface area contributed by atoms with Crippen molar-refractivity contribution in [3.05, 3.63) is 34.0 Å². The maximum atomic E-state index is 12.6. The van der Waals surface area contributed by atoms with Crippen molar-refractivity contribution in [3.63, 3.8) is 0 Å². The Morgan fingerprint density at radius 3 is 2.32 bits per heavy atom. The fourth-order valence-corrected chi connectivity index (χ4v) is 2.66. The van der Waals surface area contributed by atoms with Gasteiger partial charge in [0, 0.05) is 18.7 Å². The Balaban J connectivity index is 2.10. The molecule has 0 fully saturated rings. The molecule has 1 aromatic heterocycles. The quantitative estimate of drug-likeness (QED) is 0.784. The lowest BCUT2D eigenvalue weighted by atomic mass is 10.1. The minimum atomic E-state index is -0.389. The van der Waals surface area contributed by atoms with Gasteiger partial charge >= 0.3 is 0 Å². The third kappa shape index (κ3) is 4.50. The van der Waals surface area contributed by atoms with Crippen LogP contribution in [0.5, 0.6) is 11.5 Å². The van der Waals surface area contributed by atoms with Crippen LogP contribution in [0.2, 0.25) is 0 Å². The molecule has 0 aliphatic rings. The molecule has 0 saturated carbocycles. The van der Waals surface area contributed by atoms with Crippen molar-refractivity contribution in [2.75, 3.05) is 33.1 Å². The fourth-order valence-electron chi connectivity index (χ4n) is 2.11. The van der Waals surface area contributed by atoms with Gasteiger partial charge in [0.25, 0.3) is 5.91 Å². The Labute approximate surface area is 153 Å². The van der Waals surface area contributed by atoms with E-state index in [-0.39, 0.29) is 18.4 Å². The van der Waals surface area contributed by atoms with Crippen LogP contribution in [0.1, 0.15) is 16.1 Å². The molecule has 2 amide bonds. The summed E-state index contributed by atoms with van der Waals surface area (Å²) in [6.45, 7) is 1.57. The summed E-state index contributed by atoms with van der Waals surface area (Å²) < 4.78 is 15.9. The number of likely N-dealkylation sites (N-methyl/N-ethyl adjacent to an activating group) is 1. The van der Waals surface area contributed by atoms with E-state index in [1.807, 2.05) is 0 Å². The second-order valence-electron chi connectivity index (χ2n) is 5.23. The molecule has 0 aliphatic heterocycles. The molecule has 1 N–H and O–H groups in total. The van der Waals surface area contributed by atoms with Gasteiger partial charge in [0.05, 0.1) is 20.8 Å². The summed E-state index contributed by atoms with van der Waals surface area (Å²) in [5.74, 6) is 1.05. The minimum Gasteiger partial charge on any atom is -0.495 e. The van der Waals surface area contributed by atoms with Crippen molar-refractivity contribution in [1.29, 1.82) is 0 Å². The molecule has 0 aliphatic carbocycles. The molecule has 2 aromatic rings. The molecule has 25 heavy (non-hydrogen) atoms. The number of aryl methyl sites for hydroxylation is 1. The normalized spacial score (nSPS) is 10.3. The van der Waals surface area contributed by atoms with E-state index in [9.17, 15) is 9.59 Å². The maximum absolute atomic E-state index is 12.6. The number of nitrogens with zero attached hydrogens (tertiary/aromatic N) is 2. The van der Waals surface area contributed by atoms with Gasteiger partial charge in [0.1, 0.15) is 21.7 Å². The molecule has 0 radical (unpaired) electrons. The van der Waals surface area contributed by atoms with E-state index >= 15 is 0 Å². The van der Waals surface area contributed by atoms with Gasteiger partial charge in [0.2, 0.25) is 5.91 Å². The van der Waals surface area contributed by atoms with Crippen molar-refractivity contribution in [1.82, 2.24) is 10.1 Å². The molecule has 9 heteroatoms. The number of amides is 2. The number of anilines is 1. The summed E-state index contributed by atoms with van der Waals surface area (Å²) in [5.41, 5.74) is 0.337. The molecule has 0 spiro atoms. The van der Waals surface area contributed by atoms with Gasteiger partial charge in [0.15, 0.2) is 5.82 Å². The number of methoxy groups -OCH3 is 2. The Bertz CT molecular complexity index is 765. The summed E-state index contributed by atoms with van der Waals surface area (Å²) in [6, 6.07) is 4.73. The Kier molecular flexibility index (Phi) is 6.02. The van der Waals surface area contributed by atoms with E-state index in [0.717, 1.165) is 0 Å². The number of benzene rings is 1. The first kappa shape index (κ1) is 18.8. The molecular formula is C16H18BrN3O5. The van der Waals surface area contributed by atoms with E-state index in [4.69, 9.17) is 14.0 Å². The molecule has 2 rings (SSSR count). The van der Waals surface area contributed by atoms with Crippen LogP contribution in [0, 0.1) is 6.92 Å². The predicted molar refractivity (Wildman–Crippen MR) is 94.1 cm³/mol. The molecule has 0 unspecified atom stereocenters. The number of rotatable bonds is 6. The highest BCUT2D eigenvalue weighted by Crippen LogP contribution is 2.35. The van der Waals surface area contributed by atoms with Crippen molar-refractivity contribution < 1.29 is 23.6 Å². The second kappa shape index (κ2) is 8.02. The molecule has 1 heterocycles. The van der Waals surface area contributed by atoms with Gasteiger partial charge in [-0.1, -0.05) is 5.16 Å². The SMILES string of the molecule is COc1cc(C(=O)N(C)CC(=O)Nc2cc(C)on2)cc(OC)c1Br. The van der Waals surface area contributed by atoms with Crippen LogP contribution in [-0.2, 0) is 4.79 Å². The summed E-state index contributed by atoms with van der Waals surface area (Å²) in [6.07, 6.45) is 0.